The van der Waals surface area contributed by atoms with Crippen molar-refractivity contribution in [2.24, 2.45) is 0 Å². The largest absolute Gasteiger partial charge is 0.494 e. The molecule has 0 bridgehead atoms. The Kier molecular flexibility index (Phi) is 4.47. The van der Waals surface area contributed by atoms with Gasteiger partial charge in [-0.05, 0) is 22.8 Å². The van der Waals surface area contributed by atoms with Gasteiger partial charge in [0.2, 0.25) is 0 Å². The molecule has 4 nitrogen and oxygen atoms in total. The number of pyridine rings is 1. The zero-order chi connectivity index (χ0) is 18.8. The van der Waals surface area contributed by atoms with Crippen LogP contribution in [0.3, 0.4) is 0 Å². The van der Waals surface area contributed by atoms with Crippen LogP contribution >= 0.6 is 0 Å². The molecular formula is C23H19NO3. The molecule has 1 heterocycles. The van der Waals surface area contributed by atoms with Crippen LogP contribution in [-0.4, -0.2) is 23.2 Å². The van der Waals surface area contributed by atoms with Crippen molar-refractivity contribution in [2.75, 3.05) is 7.11 Å². The van der Waals surface area contributed by atoms with Crippen LogP contribution in [0.2, 0.25) is 0 Å². The summed E-state index contributed by atoms with van der Waals surface area (Å²) < 4.78 is 5.73. The number of aromatic nitrogens is 1. The van der Waals surface area contributed by atoms with Crippen molar-refractivity contribution in [2.45, 2.75) is 12.8 Å². The van der Waals surface area contributed by atoms with Crippen molar-refractivity contribution in [3.8, 4) is 17.0 Å². The standard InChI is InChI=1S/C23H19NO3/c1-27-23-18-8-3-2-6-16(18)14-24-22(23)20-11-5-9-17-15(12-13-21(25)26)7-4-10-19(17)20/h2-11,14H,12-13H2,1H3,(H,25,26). The monoisotopic (exact) mass is 357 g/mol. The van der Waals surface area contributed by atoms with Gasteiger partial charge in [0.1, 0.15) is 5.69 Å². The van der Waals surface area contributed by atoms with Gasteiger partial charge in [0, 0.05) is 29.0 Å². The Labute approximate surface area is 157 Å². The summed E-state index contributed by atoms with van der Waals surface area (Å²) >= 11 is 0. The van der Waals surface area contributed by atoms with Crippen LogP contribution in [0.1, 0.15) is 12.0 Å². The second-order valence-corrected chi connectivity index (χ2v) is 6.44. The average Bonchev–Trinajstić information content (AvgIpc) is 2.70. The van der Waals surface area contributed by atoms with E-state index in [1.807, 2.05) is 66.9 Å². The van der Waals surface area contributed by atoms with E-state index in [2.05, 4.69) is 4.98 Å². The lowest BCUT2D eigenvalue weighted by atomic mass is 9.95. The maximum atomic E-state index is 11.0. The van der Waals surface area contributed by atoms with Crippen LogP contribution in [0.15, 0.2) is 66.9 Å². The van der Waals surface area contributed by atoms with Gasteiger partial charge >= 0.3 is 5.97 Å². The number of nitrogens with zero attached hydrogens (tertiary/aromatic N) is 1. The van der Waals surface area contributed by atoms with Crippen molar-refractivity contribution >= 4 is 27.5 Å². The predicted molar refractivity (Wildman–Crippen MR) is 107 cm³/mol. The van der Waals surface area contributed by atoms with Crippen molar-refractivity contribution in [1.82, 2.24) is 4.98 Å². The minimum Gasteiger partial charge on any atom is -0.494 e. The predicted octanol–water partition coefficient (Wildman–Crippen LogP) is 5.08. The fourth-order valence-corrected chi connectivity index (χ4v) is 3.58. The normalized spacial score (nSPS) is 11.0. The van der Waals surface area contributed by atoms with E-state index in [0.717, 1.165) is 44.1 Å². The molecule has 134 valence electrons. The SMILES string of the molecule is COc1c(-c2cccc3c(CCC(=O)O)cccc23)ncc2ccccc12. The summed E-state index contributed by atoms with van der Waals surface area (Å²) in [7, 11) is 1.66. The van der Waals surface area contributed by atoms with E-state index in [4.69, 9.17) is 9.84 Å². The summed E-state index contributed by atoms with van der Waals surface area (Å²) in [5, 5.41) is 13.2. The fraction of sp³-hybridized carbons (Fsp3) is 0.130. The molecule has 1 N–H and O–H groups in total. The van der Waals surface area contributed by atoms with E-state index in [-0.39, 0.29) is 6.42 Å². The number of hydrogen-bond acceptors (Lipinski definition) is 3. The molecule has 4 heteroatoms. The fourth-order valence-electron chi connectivity index (χ4n) is 3.58. The van der Waals surface area contributed by atoms with E-state index in [1.54, 1.807) is 7.11 Å². The molecule has 0 radical (unpaired) electrons. The molecule has 0 fully saturated rings. The molecule has 3 aromatic carbocycles. The summed E-state index contributed by atoms with van der Waals surface area (Å²) in [6.07, 6.45) is 2.47. The molecule has 0 atom stereocenters. The molecule has 0 saturated heterocycles. The topological polar surface area (TPSA) is 59.4 Å². The smallest absolute Gasteiger partial charge is 0.303 e. The number of carboxylic acids is 1. The van der Waals surface area contributed by atoms with Crippen LogP contribution < -0.4 is 4.74 Å². The van der Waals surface area contributed by atoms with E-state index >= 15 is 0 Å². The lowest BCUT2D eigenvalue weighted by Crippen LogP contribution is -1.98. The zero-order valence-corrected chi connectivity index (χ0v) is 15.0. The lowest BCUT2D eigenvalue weighted by molar-refractivity contribution is -0.136. The van der Waals surface area contributed by atoms with E-state index in [0.29, 0.717) is 6.42 Å². The van der Waals surface area contributed by atoms with Crippen LogP contribution in [-0.2, 0) is 11.2 Å². The first kappa shape index (κ1) is 17.0. The van der Waals surface area contributed by atoms with Crippen LogP contribution in [0.4, 0.5) is 0 Å². The number of carbonyl (C=O) groups is 1. The van der Waals surface area contributed by atoms with E-state index < -0.39 is 5.97 Å². The number of fused-ring (bicyclic) bond motifs is 2. The highest BCUT2D eigenvalue weighted by Crippen LogP contribution is 2.38. The Hall–Kier alpha value is -3.40. The van der Waals surface area contributed by atoms with Gasteiger partial charge in [0.25, 0.3) is 0 Å². The summed E-state index contributed by atoms with van der Waals surface area (Å²) in [6, 6.07) is 20.1. The van der Waals surface area contributed by atoms with Crippen molar-refractivity contribution in [3.63, 3.8) is 0 Å². The third-order valence-electron chi connectivity index (χ3n) is 4.83. The second-order valence-electron chi connectivity index (χ2n) is 6.44. The summed E-state index contributed by atoms with van der Waals surface area (Å²) in [5.74, 6) is -0.0439. The minimum absolute atomic E-state index is 0.112. The molecule has 1 aromatic heterocycles. The number of carboxylic acid groups (broad SMARTS) is 1. The Morgan fingerprint density at radius 2 is 1.70 bits per heavy atom. The molecular weight excluding hydrogens is 338 g/mol. The quantitative estimate of drug-likeness (QED) is 0.541. The number of ether oxygens (including phenoxy) is 1. The summed E-state index contributed by atoms with van der Waals surface area (Å²) in [4.78, 5) is 15.7. The van der Waals surface area contributed by atoms with E-state index in [1.165, 1.54) is 0 Å². The van der Waals surface area contributed by atoms with Gasteiger partial charge in [-0.1, -0.05) is 60.7 Å². The Morgan fingerprint density at radius 3 is 2.52 bits per heavy atom. The van der Waals surface area contributed by atoms with Gasteiger partial charge < -0.3 is 9.84 Å². The third-order valence-corrected chi connectivity index (χ3v) is 4.83. The number of rotatable bonds is 5. The molecule has 0 amide bonds. The minimum atomic E-state index is -0.791. The number of hydrogen-bond donors (Lipinski definition) is 1. The Balaban J connectivity index is 1.93. The highest BCUT2D eigenvalue weighted by Gasteiger charge is 2.15. The van der Waals surface area contributed by atoms with Crippen LogP contribution in [0.25, 0.3) is 32.8 Å². The van der Waals surface area contributed by atoms with Crippen LogP contribution in [0.5, 0.6) is 5.75 Å². The first-order valence-electron chi connectivity index (χ1n) is 8.83. The molecule has 0 saturated carbocycles. The molecule has 0 aliphatic rings. The van der Waals surface area contributed by atoms with Gasteiger partial charge in [-0.25, -0.2) is 0 Å². The zero-order valence-electron chi connectivity index (χ0n) is 15.0. The second kappa shape index (κ2) is 7.08. The highest BCUT2D eigenvalue weighted by atomic mass is 16.5. The number of aliphatic carboxylic acids is 1. The van der Waals surface area contributed by atoms with E-state index in [9.17, 15) is 4.79 Å². The first-order chi connectivity index (χ1) is 13.2. The number of aryl methyl sites for hydroxylation is 1. The number of benzene rings is 3. The molecule has 0 aliphatic carbocycles. The van der Waals surface area contributed by atoms with Gasteiger partial charge in [-0.15, -0.1) is 0 Å². The van der Waals surface area contributed by atoms with Crippen LogP contribution in [0, 0.1) is 0 Å². The number of methoxy groups -OCH3 is 1. The van der Waals surface area contributed by atoms with Crippen molar-refractivity contribution in [1.29, 1.82) is 0 Å². The summed E-state index contributed by atoms with van der Waals surface area (Å²) in [6.45, 7) is 0. The van der Waals surface area contributed by atoms with Gasteiger partial charge in [0.05, 0.1) is 7.11 Å². The lowest BCUT2D eigenvalue weighted by Gasteiger charge is -2.14. The Bertz CT molecular complexity index is 1150. The van der Waals surface area contributed by atoms with Gasteiger partial charge in [0.15, 0.2) is 5.75 Å². The highest BCUT2D eigenvalue weighted by molar-refractivity contribution is 6.02. The van der Waals surface area contributed by atoms with Crippen molar-refractivity contribution in [3.05, 3.63) is 72.4 Å². The van der Waals surface area contributed by atoms with Crippen molar-refractivity contribution < 1.29 is 14.6 Å². The molecule has 4 rings (SSSR count). The molecule has 0 spiro atoms. The summed E-state index contributed by atoms with van der Waals surface area (Å²) in [5.41, 5.74) is 2.79. The maximum Gasteiger partial charge on any atom is 0.303 e. The average molecular weight is 357 g/mol. The molecule has 27 heavy (non-hydrogen) atoms. The van der Waals surface area contributed by atoms with Gasteiger partial charge in [-0.3, -0.25) is 9.78 Å². The molecule has 4 aromatic rings. The first-order valence-corrected chi connectivity index (χ1v) is 8.83. The third kappa shape index (κ3) is 3.10. The van der Waals surface area contributed by atoms with Gasteiger partial charge in [-0.2, -0.15) is 0 Å². The molecule has 0 aliphatic heterocycles. The molecule has 0 unspecified atom stereocenters. The maximum absolute atomic E-state index is 11.0. The Morgan fingerprint density at radius 1 is 0.963 bits per heavy atom.